The van der Waals surface area contributed by atoms with E-state index >= 15 is 0 Å². The lowest BCUT2D eigenvalue weighted by atomic mass is 9.76. The second-order valence-electron chi connectivity index (χ2n) is 9.70. The molecule has 0 amide bonds. The Morgan fingerprint density at radius 3 is 2.39 bits per heavy atom. The fourth-order valence-corrected chi connectivity index (χ4v) is 6.02. The normalized spacial score (nSPS) is 19.0. The summed E-state index contributed by atoms with van der Waals surface area (Å²) in [6.45, 7) is -0.0599. The Morgan fingerprint density at radius 1 is 1.05 bits per heavy atom. The highest BCUT2D eigenvalue weighted by Gasteiger charge is 2.61. The van der Waals surface area contributed by atoms with Crippen LogP contribution in [0.15, 0.2) is 33.9 Å². The van der Waals surface area contributed by atoms with Crippen molar-refractivity contribution in [1.82, 2.24) is 10.4 Å². The molecular formula is C28H18N4O9. The number of ether oxygens (including phenoxy) is 1. The van der Waals surface area contributed by atoms with Crippen LogP contribution in [0, 0.1) is 11.3 Å². The van der Waals surface area contributed by atoms with E-state index < -0.39 is 79.4 Å². The molecule has 0 bridgehead atoms. The standard InChI is InChI=1S/C28H18N4O9/c1-41-14-8-13(33)16-17(21(14)34)23(36)19-18(22(16)35)25(38)28(26(19)39)3-2-10-6-11-7-12(9-31-30-5-4-29)32-27(40)15(11)24(37)20(10)28/h6-9,30,35-37H,2-3,5H2,1H3,(H,32,40)/b31-9+. The predicted octanol–water partition coefficient (Wildman–Crippen LogP) is 1.26. The van der Waals surface area contributed by atoms with Crippen molar-refractivity contribution in [2.45, 2.75) is 18.3 Å². The number of aromatic nitrogens is 1. The summed E-state index contributed by atoms with van der Waals surface area (Å²) in [5.74, 6) is -6.79. The molecule has 3 aromatic rings. The molecule has 6 rings (SSSR count). The number of pyridine rings is 1. The van der Waals surface area contributed by atoms with Crippen LogP contribution < -0.4 is 11.0 Å². The van der Waals surface area contributed by atoms with Gasteiger partial charge in [-0.25, -0.2) is 0 Å². The molecule has 2 aromatic carbocycles. The van der Waals surface area contributed by atoms with E-state index in [0.717, 1.165) is 13.2 Å². The number of H-pyrrole nitrogens is 1. The molecule has 3 aliphatic carbocycles. The molecule has 13 nitrogen and oxygen atoms in total. The second kappa shape index (κ2) is 8.62. The van der Waals surface area contributed by atoms with Crippen LogP contribution in [0.25, 0.3) is 10.8 Å². The van der Waals surface area contributed by atoms with Crippen molar-refractivity contribution >= 4 is 40.1 Å². The van der Waals surface area contributed by atoms with Crippen molar-refractivity contribution in [2.24, 2.45) is 5.10 Å². The summed E-state index contributed by atoms with van der Waals surface area (Å²) in [5, 5.41) is 46.0. The van der Waals surface area contributed by atoms with Crippen LogP contribution in [0.4, 0.5) is 0 Å². The summed E-state index contributed by atoms with van der Waals surface area (Å²) < 4.78 is 4.90. The lowest BCUT2D eigenvalue weighted by Crippen LogP contribution is -2.36. The van der Waals surface area contributed by atoms with Gasteiger partial charge in [-0.15, -0.1) is 0 Å². The minimum absolute atomic E-state index is 0.0599. The average Bonchev–Trinajstić information content (AvgIpc) is 3.43. The minimum atomic E-state index is -2.12. The number of carbonyl (C=O) groups is 4. The third-order valence-corrected chi connectivity index (χ3v) is 7.71. The molecule has 0 radical (unpaired) electrons. The maximum Gasteiger partial charge on any atom is 0.260 e. The van der Waals surface area contributed by atoms with Crippen LogP contribution in [0.5, 0.6) is 17.2 Å². The van der Waals surface area contributed by atoms with Crippen LogP contribution in [0.3, 0.4) is 0 Å². The molecule has 5 N–H and O–H groups in total. The number of fused-ring (bicyclic) bond motifs is 5. The third-order valence-electron chi connectivity index (χ3n) is 7.71. The number of hydrogen-bond donors (Lipinski definition) is 5. The molecule has 0 aliphatic heterocycles. The number of aromatic hydroxyl groups is 3. The van der Waals surface area contributed by atoms with E-state index in [9.17, 15) is 39.3 Å². The molecular weight excluding hydrogens is 536 g/mol. The number of hydrogen-bond acceptors (Lipinski definition) is 12. The van der Waals surface area contributed by atoms with Gasteiger partial charge in [0.15, 0.2) is 23.1 Å². The highest BCUT2D eigenvalue weighted by Crippen LogP contribution is 2.57. The van der Waals surface area contributed by atoms with Crippen LogP contribution in [-0.2, 0) is 16.6 Å². The number of Topliss-reactive ketones (excluding diaryl/α,β-unsaturated/α-hetero) is 3. The Bertz CT molecular complexity index is 1980. The number of methoxy groups -OCH3 is 1. The summed E-state index contributed by atoms with van der Waals surface area (Å²) in [6.07, 6.45) is 2.01. The van der Waals surface area contributed by atoms with Gasteiger partial charge in [0, 0.05) is 11.6 Å². The lowest BCUT2D eigenvalue weighted by Gasteiger charge is -2.22. The highest BCUT2D eigenvalue weighted by molar-refractivity contribution is 6.38. The molecule has 1 spiro atoms. The number of benzene rings is 2. The Balaban J connectivity index is 1.55. The fraction of sp³-hybridized carbons (Fsp3) is 0.179. The number of nitriles is 1. The minimum Gasteiger partial charge on any atom is -0.507 e. The zero-order chi connectivity index (χ0) is 29.4. The first kappa shape index (κ1) is 25.5. The number of hydrazone groups is 1. The van der Waals surface area contributed by atoms with Crippen molar-refractivity contribution in [3.05, 3.63) is 73.4 Å². The van der Waals surface area contributed by atoms with Gasteiger partial charge in [0.1, 0.15) is 29.2 Å². The molecule has 3 aliphatic rings. The summed E-state index contributed by atoms with van der Waals surface area (Å²) in [4.78, 5) is 69.2. The number of phenols is 3. The molecule has 204 valence electrons. The third kappa shape index (κ3) is 3.15. The number of aromatic amines is 1. The van der Waals surface area contributed by atoms with Crippen LogP contribution in [0.1, 0.15) is 64.7 Å². The fourth-order valence-electron chi connectivity index (χ4n) is 6.02. The van der Waals surface area contributed by atoms with Gasteiger partial charge >= 0.3 is 0 Å². The van der Waals surface area contributed by atoms with Gasteiger partial charge in [0.2, 0.25) is 5.78 Å². The second-order valence-corrected chi connectivity index (χ2v) is 9.70. The van der Waals surface area contributed by atoms with E-state index in [-0.39, 0.29) is 41.4 Å². The van der Waals surface area contributed by atoms with E-state index in [2.05, 4.69) is 15.5 Å². The first-order valence-corrected chi connectivity index (χ1v) is 12.2. The van der Waals surface area contributed by atoms with E-state index in [1.54, 1.807) is 6.07 Å². The molecule has 1 heterocycles. The monoisotopic (exact) mass is 554 g/mol. The number of nitrogens with zero attached hydrogens (tertiary/aromatic N) is 2. The van der Waals surface area contributed by atoms with Crippen LogP contribution in [-0.4, -0.2) is 63.3 Å². The van der Waals surface area contributed by atoms with Gasteiger partial charge in [-0.3, -0.25) is 29.4 Å². The van der Waals surface area contributed by atoms with Crippen LogP contribution in [0.2, 0.25) is 0 Å². The van der Waals surface area contributed by atoms with Crippen molar-refractivity contribution in [3.8, 4) is 23.3 Å². The summed E-state index contributed by atoms with van der Waals surface area (Å²) in [5.41, 5.74) is -2.53. The van der Waals surface area contributed by atoms with E-state index in [4.69, 9.17) is 10.00 Å². The Kier molecular flexibility index (Phi) is 5.36. The number of rotatable bonds is 4. The van der Waals surface area contributed by atoms with E-state index in [0.29, 0.717) is 5.56 Å². The quantitative estimate of drug-likeness (QED) is 0.0772. The number of allylic oxidation sites excluding steroid dienone is 2. The van der Waals surface area contributed by atoms with Crippen molar-refractivity contribution in [2.75, 3.05) is 13.7 Å². The maximum absolute atomic E-state index is 14.0. The Labute approximate surface area is 229 Å². The molecule has 0 saturated heterocycles. The van der Waals surface area contributed by atoms with Gasteiger partial charge in [-0.1, -0.05) is 6.07 Å². The number of aryl methyl sites for hydroxylation is 1. The summed E-state index contributed by atoms with van der Waals surface area (Å²) >= 11 is 0. The van der Waals surface area contributed by atoms with Gasteiger partial charge in [0.25, 0.3) is 5.56 Å². The molecule has 0 fully saturated rings. The number of nitrogens with one attached hydrogen (secondary N) is 2. The van der Waals surface area contributed by atoms with Crippen molar-refractivity contribution in [1.29, 1.82) is 5.26 Å². The van der Waals surface area contributed by atoms with Gasteiger partial charge in [0.05, 0.1) is 52.7 Å². The average molecular weight is 554 g/mol. The van der Waals surface area contributed by atoms with Crippen molar-refractivity contribution in [3.63, 3.8) is 0 Å². The molecule has 1 atom stereocenters. The van der Waals surface area contributed by atoms with Crippen LogP contribution >= 0.6 is 0 Å². The lowest BCUT2D eigenvalue weighted by molar-refractivity contribution is 0.0790. The first-order chi connectivity index (χ1) is 19.6. The Hall–Kier alpha value is -5.77. The maximum atomic E-state index is 14.0. The first-order valence-electron chi connectivity index (χ1n) is 12.2. The zero-order valence-electron chi connectivity index (χ0n) is 21.1. The van der Waals surface area contributed by atoms with Gasteiger partial charge in [-0.05, 0) is 29.9 Å². The van der Waals surface area contributed by atoms with Gasteiger partial charge in [-0.2, -0.15) is 10.4 Å². The van der Waals surface area contributed by atoms with E-state index in [1.807, 2.05) is 6.07 Å². The molecule has 1 unspecified atom stereocenters. The topological polar surface area (TPSA) is 219 Å². The zero-order valence-corrected chi connectivity index (χ0v) is 21.1. The molecule has 1 aromatic heterocycles. The molecule has 0 saturated carbocycles. The predicted molar refractivity (Wildman–Crippen MR) is 140 cm³/mol. The summed E-state index contributed by atoms with van der Waals surface area (Å²) in [6, 6.07) is 4.90. The molecule has 13 heteroatoms. The number of phenolic OH excluding ortho intramolecular Hbond substituents is 3. The van der Waals surface area contributed by atoms with E-state index in [1.165, 1.54) is 12.3 Å². The summed E-state index contributed by atoms with van der Waals surface area (Å²) in [7, 11) is 1.13. The van der Waals surface area contributed by atoms with Crippen molar-refractivity contribution < 1.29 is 39.2 Å². The molecule has 41 heavy (non-hydrogen) atoms. The highest BCUT2D eigenvalue weighted by atomic mass is 16.5. The largest absolute Gasteiger partial charge is 0.507 e. The van der Waals surface area contributed by atoms with Gasteiger partial charge < -0.3 is 25.0 Å². The SMILES string of the molecule is COC1=CC(=O)c2c(O)c3c(c(O)c2C1=O)C(=O)C1(CCc2cc4cc(/C=N/NCC#N)[nH]c(=O)c4c(O)c21)C3=O. The number of ketones is 4. The smallest absolute Gasteiger partial charge is 0.260 e. The Morgan fingerprint density at radius 2 is 1.73 bits per heavy atom. The number of carbonyl (C=O) groups excluding carboxylic acids is 4.